The van der Waals surface area contributed by atoms with Crippen LogP contribution in [0.15, 0.2) is 56.7 Å². The molecule has 3 aromatic rings. The maximum Gasteiger partial charge on any atom is 0.329 e. The minimum absolute atomic E-state index is 0.178. The van der Waals surface area contributed by atoms with Gasteiger partial charge in [0.15, 0.2) is 5.76 Å². The van der Waals surface area contributed by atoms with Gasteiger partial charge in [0, 0.05) is 26.2 Å². The highest BCUT2D eigenvalue weighted by molar-refractivity contribution is 5.91. The number of hydrogen-bond donors (Lipinski definition) is 1. The first-order chi connectivity index (χ1) is 13.5. The molecule has 9 nitrogen and oxygen atoms in total. The Balaban J connectivity index is 1.47. The van der Waals surface area contributed by atoms with Crippen LogP contribution in [0.25, 0.3) is 10.9 Å². The molecule has 4 rings (SSSR count). The molecule has 0 radical (unpaired) electrons. The summed E-state index contributed by atoms with van der Waals surface area (Å²) in [6, 6.07) is 9.91. The number of fused-ring (bicyclic) bond motifs is 1. The normalized spacial score (nSPS) is 14.4. The van der Waals surface area contributed by atoms with E-state index in [2.05, 4.69) is 4.98 Å². The van der Waals surface area contributed by atoms with E-state index in [-0.39, 0.29) is 24.1 Å². The van der Waals surface area contributed by atoms with Gasteiger partial charge in [0.25, 0.3) is 11.5 Å². The van der Waals surface area contributed by atoms with Gasteiger partial charge in [-0.15, -0.1) is 0 Å². The van der Waals surface area contributed by atoms with E-state index in [4.69, 9.17) is 4.42 Å². The molecule has 2 amide bonds. The van der Waals surface area contributed by atoms with Crippen LogP contribution >= 0.6 is 0 Å². The monoisotopic (exact) mass is 382 g/mol. The van der Waals surface area contributed by atoms with Gasteiger partial charge in [0.05, 0.1) is 17.2 Å². The zero-order valence-corrected chi connectivity index (χ0v) is 15.0. The highest BCUT2D eigenvalue weighted by Crippen LogP contribution is 2.11. The van der Waals surface area contributed by atoms with E-state index in [0.717, 1.165) is 0 Å². The fraction of sp³-hybridized carbons (Fsp3) is 0.263. The Hall–Kier alpha value is -3.62. The molecular weight excluding hydrogens is 364 g/mol. The Morgan fingerprint density at radius 3 is 2.39 bits per heavy atom. The zero-order valence-electron chi connectivity index (χ0n) is 15.0. The summed E-state index contributed by atoms with van der Waals surface area (Å²) < 4.78 is 6.39. The molecule has 0 saturated carbocycles. The molecule has 1 fully saturated rings. The molecule has 0 bridgehead atoms. The van der Waals surface area contributed by atoms with E-state index in [9.17, 15) is 19.2 Å². The van der Waals surface area contributed by atoms with Crippen molar-refractivity contribution in [1.82, 2.24) is 19.4 Å². The van der Waals surface area contributed by atoms with Crippen LogP contribution in [0.2, 0.25) is 0 Å². The second-order valence-electron chi connectivity index (χ2n) is 6.51. The van der Waals surface area contributed by atoms with E-state index in [1.165, 1.54) is 10.8 Å². The van der Waals surface area contributed by atoms with Crippen LogP contribution in [0.5, 0.6) is 0 Å². The van der Waals surface area contributed by atoms with Crippen molar-refractivity contribution in [2.45, 2.75) is 6.54 Å². The minimum atomic E-state index is -0.622. The van der Waals surface area contributed by atoms with Gasteiger partial charge in [-0.2, -0.15) is 0 Å². The topological polar surface area (TPSA) is 109 Å². The summed E-state index contributed by atoms with van der Waals surface area (Å²) in [5, 5.41) is 0.351. The van der Waals surface area contributed by atoms with Crippen molar-refractivity contribution in [1.29, 1.82) is 0 Å². The first-order valence-corrected chi connectivity index (χ1v) is 8.87. The number of piperazine rings is 1. The lowest BCUT2D eigenvalue weighted by Crippen LogP contribution is -2.51. The number of aromatic amines is 1. The SMILES string of the molecule is O=C(Cn1c(=O)[nH]c(=O)c2ccccc21)N1CCN(C(=O)c2ccco2)CC1. The lowest BCUT2D eigenvalue weighted by molar-refractivity contribution is -0.133. The molecule has 3 heterocycles. The molecule has 144 valence electrons. The summed E-state index contributed by atoms with van der Waals surface area (Å²) in [6.07, 6.45) is 1.44. The minimum Gasteiger partial charge on any atom is -0.459 e. The largest absolute Gasteiger partial charge is 0.459 e. The number of nitrogens with one attached hydrogen (secondary N) is 1. The number of benzene rings is 1. The maximum atomic E-state index is 12.7. The fourth-order valence-electron chi connectivity index (χ4n) is 3.35. The molecule has 28 heavy (non-hydrogen) atoms. The van der Waals surface area contributed by atoms with Gasteiger partial charge in [0.1, 0.15) is 6.54 Å². The number of carbonyl (C=O) groups is 2. The third-order valence-electron chi connectivity index (χ3n) is 4.85. The summed E-state index contributed by atoms with van der Waals surface area (Å²) in [4.78, 5) is 54.6. The molecule has 0 atom stereocenters. The van der Waals surface area contributed by atoms with Crippen LogP contribution in [0.3, 0.4) is 0 Å². The Morgan fingerprint density at radius 2 is 1.68 bits per heavy atom. The summed E-state index contributed by atoms with van der Waals surface area (Å²) in [7, 11) is 0. The number of hydrogen-bond acceptors (Lipinski definition) is 5. The Morgan fingerprint density at radius 1 is 0.964 bits per heavy atom. The van der Waals surface area contributed by atoms with Gasteiger partial charge in [-0.1, -0.05) is 12.1 Å². The molecular formula is C19H18N4O5. The van der Waals surface area contributed by atoms with Crippen LogP contribution in [0.4, 0.5) is 0 Å². The van der Waals surface area contributed by atoms with E-state index in [1.807, 2.05) is 0 Å². The summed E-state index contributed by atoms with van der Waals surface area (Å²) in [5.74, 6) is -0.185. The number of para-hydroxylation sites is 1. The van der Waals surface area contributed by atoms with Gasteiger partial charge in [-0.3, -0.25) is 23.9 Å². The van der Waals surface area contributed by atoms with Gasteiger partial charge < -0.3 is 14.2 Å². The molecule has 0 aliphatic carbocycles. The van der Waals surface area contributed by atoms with Crippen LogP contribution in [0.1, 0.15) is 10.6 Å². The number of nitrogens with zero attached hydrogens (tertiary/aromatic N) is 3. The summed E-state index contributed by atoms with van der Waals surface area (Å²) in [5.41, 5.74) is -0.686. The predicted molar refractivity (Wildman–Crippen MR) is 100 cm³/mol. The first kappa shape index (κ1) is 17.8. The quantitative estimate of drug-likeness (QED) is 0.699. The molecule has 1 aliphatic rings. The third-order valence-corrected chi connectivity index (χ3v) is 4.85. The van der Waals surface area contributed by atoms with Gasteiger partial charge >= 0.3 is 5.69 Å². The van der Waals surface area contributed by atoms with E-state index < -0.39 is 11.2 Å². The van der Waals surface area contributed by atoms with E-state index in [1.54, 1.807) is 46.2 Å². The molecule has 0 spiro atoms. The van der Waals surface area contributed by atoms with Crippen LogP contribution in [-0.2, 0) is 11.3 Å². The van der Waals surface area contributed by atoms with Gasteiger partial charge in [-0.05, 0) is 24.3 Å². The maximum absolute atomic E-state index is 12.7. The average Bonchev–Trinajstić information content (AvgIpc) is 3.25. The van der Waals surface area contributed by atoms with Crippen molar-refractivity contribution in [2.75, 3.05) is 26.2 Å². The van der Waals surface area contributed by atoms with Crippen LogP contribution in [-0.4, -0.2) is 57.3 Å². The Bertz CT molecular complexity index is 1140. The standard InChI is InChI=1S/C19H18N4O5/c24-16(12-23-14-5-2-1-4-13(14)17(25)20-19(23)27)21-7-9-22(10-8-21)18(26)15-6-3-11-28-15/h1-6,11H,7-10,12H2,(H,20,25,27). The van der Waals surface area contributed by atoms with Gasteiger partial charge in [0.2, 0.25) is 5.91 Å². The lowest BCUT2D eigenvalue weighted by atomic mass is 10.2. The lowest BCUT2D eigenvalue weighted by Gasteiger charge is -2.34. The fourth-order valence-corrected chi connectivity index (χ4v) is 3.35. The molecule has 1 N–H and O–H groups in total. The number of carbonyl (C=O) groups excluding carboxylic acids is 2. The molecule has 1 aromatic carbocycles. The second-order valence-corrected chi connectivity index (χ2v) is 6.51. The van der Waals surface area contributed by atoms with E-state index in [0.29, 0.717) is 37.1 Å². The van der Waals surface area contributed by atoms with Crippen molar-refractivity contribution < 1.29 is 14.0 Å². The molecule has 0 unspecified atom stereocenters. The van der Waals surface area contributed by atoms with Crippen LogP contribution in [0, 0.1) is 0 Å². The smallest absolute Gasteiger partial charge is 0.329 e. The molecule has 1 aliphatic heterocycles. The van der Waals surface area contributed by atoms with Crippen molar-refractivity contribution in [3.05, 3.63) is 69.3 Å². The Kier molecular flexibility index (Phi) is 4.56. The highest BCUT2D eigenvalue weighted by atomic mass is 16.3. The predicted octanol–water partition coefficient (Wildman–Crippen LogP) is 0.267. The number of rotatable bonds is 3. The number of furan rings is 1. The average molecular weight is 382 g/mol. The molecule has 1 saturated heterocycles. The van der Waals surface area contributed by atoms with E-state index >= 15 is 0 Å². The zero-order chi connectivity index (χ0) is 19.7. The van der Waals surface area contributed by atoms with Crippen molar-refractivity contribution in [3.8, 4) is 0 Å². The first-order valence-electron chi connectivity index (χ1n) is 8.87. The molecule has 2 aromatic heterocycles. The number of aromatic nitrogens is 2. The van der Waals surface area contributed by atoms with Gasteiger partial charge in [-0.25, -0.2) is 4.79 Å². The van der Waals surface area contributed by atoms with Crippen molar-refractivity contribution >= 4 is 22.7 Å². The highest BCUT2D eigenvalue weighted by Gasteiger charge is 2.26. The Labute approximate surface area is 158 Å². The van der Waals surface area contributed by atoms with Crippen molar-refractivity contribution in [2.24, 2.45) is 0 Å². The number of amides is 2. The second kappa shape index (κ2) is 7.18. The van der Waals surface area contributed by atoms with Crippen LogP contribution < -0.4 is 11.2 Å². The molecule has 9 heteroatoms. The number of H-pyrrole nitrogens is 1. The summed E-state index contributed by atoms with van der Waals surface area (Å²) in [6.45, 7) is 1.31. The van der Waals surface area contributed by atoms with Crippen molar-refractivity contribution in [3.63, 3.8) is 0 Å². The third kappa shape index (κ3) is 3.22. The summed E-state index contributed by atoms with van der Waals surface area (Å²) >= 11 is 0.